The average Bonchev–Trinajstić information content (AvgIpc) is 2.40. The van der Waals surface area contributed by atoms with E-state index in [1.54, 1.807) is 7.11 Å². The molecule has 0 saturated carbocycles. The number of benzene rings is 1. The van der Waals surface area contributed by atoms with E-state index in [9.17, 15) is 4.79 Å². The van der Waals surface area contributed by atoms with E-state index in [0.29, 0.717) is 6.54 Å². The number of rotatable bonds is 5. The van der Waals surface area contributed by atoms with Crippen LogP contribution in [0.3, 0.4) is 0 Å². The summed E-state index contributed by atoms with van der Waals surface area (Å²) in [4.78, 5) is 11.5. The molecule has 0 aliphatic heterocycles. The van der Waals surface area contributed by atoms with E-state index in [2.05, 4.69) is 5.32 Å². The number of carbonyl (C=O) groups excluding carboxylic acids is 1. The summed E-state index contributed by atoms with van der Waals surface area (Å²) in [6, 6.07) is 3.95. The Kier molecular flexibility index (Phi) is 5.37. The van der Waals surface area contributed by atoms with Gasteiger partial charge in [0.05, 0.1) is 13.2 Å². The van der Waals surface area contributed by atoms with Crippen LogP contribution in [0.1, 0.15) is 35.1 Å². The molecule has 1 amide bonds. The SMILES string of the molecule is COc1cc(C)c(CNC(=O)CCC#N)c(C)c1C. The van der Waals surface area contributed by atoms with Crippen molar-refractivity contribution in [2.75, 3.05) is 7.11 Å². The van der Waals surface area contributed by atoms with E-state index in [-0.39, 0.29) is 18.7 Å². The van der Waals surface area contributed by atoms with Gasteiger partial charge in [-0.2, -0.15) is 5.26 Å². The van der Waals surface area contributed by atoms with Gasteiger partial charge in [0.1, 0.15) is 5.75 Å². The van der Waals surface area contributed by atoms with Gasteiger partial charge in [0, 0.05) is 19.4 Å². The molecule has 0 atom stereocenters. The van der Waals surface area contributed by atoms with Gasteiger partial charge in [-0.05, 0) is 49.1 Å². The predicted molar refractivity (Wildman–Crippen MR) is 73.9 cm³/mol. The summed E-state index contributed by atoms with van der Waals surface area (Å²) in [7, 11) is 1.66. The van der Waals surface area contributed by atoms with E-state index in [4.69, 9.17) is 10.00 Å². The molecule has 0 bridgehead atoms. The number of ether oxygens (including phenoxy) is 1. The Morgan fingerprint density at radius 3 is 2.63 bits per heavy atom. The fourth-order valence-electron chi connectivity index (χ4n) is 2.03. The summed E-state index contributed by atoms with van der Waals surface area (Å²) in [6.07, 6.45) is 0.509. The Morgan fingerprint density at radius 1 is 1.37 bits per heavy atom. The minimum Gasteiger partial charge on any atom is -0.496 e. The molecule has 4 heteroatoms. The van der Waals surface area contributed by atoms with E-state index < -0.39 is 0 Å². The van der Waals surface area contributed by atoms with E-state index in [0.717, 1.165) is 28.0 Å². The number of nitrogens with one attached hydrogen (secondary N) is 1. The van der Waals surface area contributed by atoms with Crippen molar-refractivity contribution >= 4 is 5.91 Å². The Labute approximate surface area is 114 Å². The number of amides is 1. The molecule has 1 aromatic carbocycles. The zero-order valence-corrected chi connectivity index (χ0v) is 12.0. The summed E-state index contributed by atoms with van der Waals surface area (Å²) >= 11 is 0. The first-order chi connectivity index (χ1) is 9.01. The van der Waals surface area contributed by atoms with Gasteiger partial charge in [0.15, 0.2) is 0 Å². The van der Waals surface area contributed by atoms with Crippen molar-refractivity contribution in [3.63, 3.8) is 0 Å². The second-order valence-electron chi connectivity index (χ2n) is 4.56. The number of nitriles is 1. The number of nitrogens with zero attached hydrogens (tertiary/aromatic N) is 1. The summed E-state index contributed by atoms with van der Waals surface area (Å²) in [5.41, 5.74) is 4.44. The van der Waals surface area contributed by atoms with Crippen molar-refractivity contribution in [1.29, 1.82) is 5.26 Å². The smallest absolute Gasteiger partial charge is 0.221 e. The lowest BCUT2D eigenvalue weighted by molar-refractivity contribution is -0.121. The Hall–Kier alpha value is -2.02. The quantitative estimate of drug-likeness (QED) is 0.885. The zero-order valence-electron chi connectivity index (χ0n) is 12.0. The fraction of sp³-hybridized carbons (Fsp3) is 0.467. The first-order valence-corrected chi connectivity index (χ1v) is 6.28. The highest BCUT2D eigenvalue weighted by molar-refractivity contribution is 5.76. The van der Waals surface area contributed by atoms with Crippen molar-refractivity contribution in [3.8, 4) is 11.8 Å². The van der Waals surface area contributed by atoms with Crippen LogP contribution in [0.2, 0.25) is 0 Å². The number of aryl methyl sites for hydroxylation is 1. The van der Waals surface area contributed by atoms with Crippen LogP contribution in [-0.2, 0) is 11.3 Å². The highest BCUT2D eigenvalue weighted by Gasteiger charge is 2.11. The third kappa shape index (κ3) is 3.72. The highest BCUT2D eigenvalue weighted by Crippen LogP contribution is 2.27. The van der Waals surface area contributed by atoms with Crippen molar-refractivity contribution in [3.05, 3.63) is 28.3 Å². The van der Waals surface area contributed by atoms with Gasteiger partial charge in [-0.1, -0.05) is 0 Å². The van der Waals surface area contributed by atoms with Crippen molar-refractivity contribution < 1.29 is 9.53 Å². The van der Waals surface area contributed by atoms with Crippen molar-refractivity contribution in [2.45, 2.75) is 40.2 Å². The molecule has 102 valence electrons. The monoisotopic (exact) mass is 260 g/mol. The highest BCUT2D eigenvalue weighted by atomic mass is 16.5. The van der Waals surface area contributed by atoms with Crippen LogP contribution >= 0.6 is 0 Å². The van der Waals surface area contributed by atoms with Crippen LogP contribution in [0.25, 0.3) is 0 Å². The minimum absolute atomic E-state index is 0.0891. The molecule has 0 fully saturated rings. The Balaban J connectivity index is 2.82. The maximum atomic E-state index is 11.5. The summed E-state index contributed by atoms with van der Waals surface area (Å²) in [5.74, 6) is 0.781. The van der Waals surface area contributed by atoms with E-state index in [1.165, 1.54) is 0 Å². The molecule has 0 radical (unpaired) electrons. The molecule has 1 aromatic rings. The van der Waals surface area contributed by atoms with Gasteiger partial charge >= 0.3 is 0 Å². The topological polar surface area (TPSA) is 62.1 Å². The molecule has 4 nitrogen and oxygen atoms in total. The average molecular weight is 260 g/mol. The molecule has 1 N–H and O–H groups in total. The lowest BCUT2D eigenvalue weighted by atomic mass is 9.97. The molecular formula is C15H20N2O2. The second kappa shape index (κ2) is 6.79. The van der Waals surface area contributed by atoms with Crippen LogP contribution in [0.4, 0.5) is 0 Å². The molecule has 0 unspecified atom stereocenters. The molecule has 19 heavy (non-hydrogen) atoms. The third-order valence-electron chi connectivity index (χ3n) is 3.35. The summed E-state index contributed by atoms with van der Waals surface area (Å²) < 4.78 is 5.32. The zero-order chi connectivity index (χ0) is 14.4. The van der Waals surface area contributed by atoms with E-state index in [1.807, 2.05) is 32.9 Å². The van der Waals surface area contributed by atoms with Gasteiger partial charge in [0.2, 0.25) is 5.91 Å². The number of carbonyl (C=O) groups is 1. The van der Waals surface area contributed by atoms with Crippen LogP contribution in [0.15, 0.2) is 6.07 Å². The van der Waals surface area contributed by atoms with Gasteiger partial charge < -0.3 is 10.1 Å². The fourth-order valence-corrected chi connectivity index (χ4v) is 2.03. The molecule has 0 saturated heterocycles. The minimum atomic E-state index is -0.0891. The van der Waals surface area contributed by atoms with Crippen LogP contribution in [-0.4, -0.2) is 13.0 Å². The Bertz CT molecular complexity index is 516. The van der Waals surface area contributed by atoms with Crippen LogP contribution in [0, 0.1) is 32.1 Å². The molecule has 0 aromatic heterocycles. The Morgan fingerprint density at radius 2 is 2.05 bits per heavy atom. The molecule has 0 aliphatic rings. The molecule has 0 heterocycles. The van der Waals surface area contributed by atoms with Gasteiger partial charge in [-0.3, -0.25) is 4.79 Å². The lowest BCUT2D eigenvalue weighted by Crippen LogP contribution is -2.23. The summed E-state index contributed by atoms with van der Waals surface area (Å²) in [5, 5.41) is 11.3. The van der Waals surface area contributed by atoms with Crippen LogP contribution < -0.4 is 10.1 Å². The maximum absolute atomic E-state index is 11.5. The van der Waals surface area contributed by atoms with Gasteiger partial charge in [0.25, 0.3) is 0 Å². The molecule has 0 spiro atoms. The predicted octanol–water partition coefficient (Wildman–Crippen LogP) is 2.54. The van der Waals surface area contributed by atoms with Crippen LogP contribution in [0.5, 0.6) is 5.75 Å². The second-order valence-corrected chi connectivity index (χ2v) is 4.56. The molecule has 0 aliphatic carbocycles. The van der Waals surface area contributed by atoms with Gasteiger partial charge in [-0.15, -0.1) is 0 Å². The number of hydrogen-bond acceptors (Lipinski definition) is 3. The van der Waals surface area contributed by atoms with Crippen molar-refractivity contribution in [1.82, 2.24) is 5.32 Å². The largest absolute Gasteiger partial charge is 0.496 e. The maximum Gasteiger partial charge on any atom is 0.221 e. The lowest BCUT2D eigenvalue weighted by Gasteiger charge is -2.16. The standard InChI is InChI=1S/C15H20N2O2/c1-10-8-14(19-4)12(3)11(2)13(10)9-17-15(18)6-5-7-16/h8H,5-6,9H2,1-4H3,(H,17,18). The normalized spacial score (nSPS) is 9.84. The van der Waals surface area contributed by atoms with Gasteiger partial charge in [-0.25, -0.2) is 0 Å². The van der Waals surface area contributed by atoms with Crippen molar-refractivity contribution in [2.24, 2.45) is 0 Å². The van der Waals surface area contributed by atoms with E-state index >= 15 is 0 Å². The number of hydrogen-bond donors (Lipinski definition) is 1. The third-order valence-corrected chi connectivity index (χ3v) is 3.35. The molecular weight excluding hydrogens is 240 g/mol. The first kappa shape index (κ1) is 15.0. The first-order valence-electron chi connectivity index (χ1n) is 6.28. The summed E-state index contributed by atoms with van der Waals surface area (Å²) in [6.45, 7) is 6.54. The number of methoxy groups -OCH3 is 1. The molecule has 1 rings (SSSR count).